The third-order valence-electron chi connectivity index (χ3n) is 4.93. The van der Waals surface area contributed by atoms with E-state index in [1.165, 1.54) is 13.0 Å². The molecule has 0 fully saturated rings. The number of carbonyl (C=O) groups is 2. The quantitative estimate of drug-likeness (QED) is 0.850. The second kappa shape index (κ2) is 6.96. The molecule has 0 saturated heterocycles. The van der Waals surface area contributed by atoms with Gasteiger partial charge in [-0.05, 0) is 42.8 Å². The minimum Gasteiger partial charge on any atom is -0.478 e. The van der Waals surface area contributed by atoms with Crippen molar-refractivity contribution in [2.24, 2.45) is 5.92 Å². The number of carboxylic acids is 1. The van der Waals surface area contributed by atoms with E-state index >= 15 is 0 Å². The van der Waals surface area contributed by atoms with Crippen LogP contribution in [-0.4, -0.2) is 28.0 Å². The Kier molecular flexibility index (Phi) is 4.87. The number of nitrogens with one attached hydrogen (secondary N) is 1. The largest absolute Gasteiger partial charge is 0.478 e. The summed E-state index contributed by atoms with van der Waals surface area (Å²) in [5.74, 6) is -0.400. The van der Waals surface area contributed by atoms with Gasteiger partial charge in [-0.3, -0.25) is 4.79 Å². The summed E-state index contributed by atoms with van der Waals surface area (Å²) >= 11 is 5.90. The van der Waals surface area contributed by atoms with Crippen molar-refractivity contribution in [3.05, 3.63) is 52.7 Å². The number of halogens is 1. The van der Waals surface area contributed by atoms with E-state index in [-0.39, 0.29) is 29.5 Å². The summed E-state index contributed by atoms with van der Waals surface area (Å²) in [6, 6.07) is 8.12. The van der Waals surface area contributed by atoms with Crippen LogP contribution in [0, 0.1) is 5.92 Å². The Morgan fingerprint density at radius 1 is 1.23 bits per heavy atom. The number of rotatable bonds is 3. The standard InChI is InChI=1S/C19H20ClN3O3/c1-10-11(2)23(12(3)24)16-6-4-13(19(25)26)8-15(16)18(10)22-17-7-5-14(20)9-21-17/h4-11,18H,1-3H3,(H,21,22)(H,25,26)/t10-,11-,18+/m0/s1. The normalized spacial score (nSPS) is 21.8. The van der Waals surface area contributed by atoms with Crippen LogP contribution in [0.15, 0.2) is 36.5 Å². The van der Waals surface area contributed by atoms with E-state index in [1.807, 2.05) is 13.8 Å². The monoisotopic (exact) mass is 373 g/mol. The van der Waals surface area contributed by atoms with Crippen LogP contribution in [0.2, 0.25) is 5.02 Å². The first-order valence-electron chi connectivity index (χ1n) is 8.34. The van der Waals surface area contributed by atoms with Gasteiger partial charge in [0.1, 0.15) is 5.82 Å². The lowest BCUT2D eigenvalue weighted by atomic mass is 9.82. The number of carbonyl (C=O) groups excluding carboxylic acids is 1. The highest BCUT2D eigenvalue weighted by Gasteiger charge is 2.38. The van der Waals surface area contributed by atoms with Crippen LogP contribution in [0.4, 0.5) is 11.5 Å². The van der Waals surface area contributed by atoms with E-state index in [1.54, 1.807) is 35.4 Å². The number of aromatic carboxylic acids is 1. The van der Waals surface area contributed by atoms with Crippen molar-refractivity contribution in [3.63, 3.8) is 0 Å². The highest BCUT2D eigenvalue weighted by Crippen LogP contribution is 2.42. The topological polar surface area (TPSA) is 82.5 Å². The maximum Gasteiger partial charge on any atom is 0.335 e. The van der Waals surface area contributed by atoms with E-state index in [0.29, 0.717) is 10.8 Å². The van der Waals surface area contributed by atoms with Crippen molar-refractivity contribution in [2.45, 2.75) is 32.9 Å². The molecule has 0 radical (unpaired) electrons. The maximum atomic E-state index is 12.2. The molecule has 0 bridgehead atoms. The third kappa shape index (κ3) is 3.24. The Balaban J connectivity index is 2.09. The summed E-state index contributed by atoms with van der Waals surface area (Å²) in [7, 11) is 0. The summed E-state index contributed by atoms with van der Waals surface area (Å²) in [5.41, 5.74) is 1.67. The molecule has 0 unspecified atom stereocenters. The van der Waals surface area contributed by atoms with Crippen LogP contribution in [0.3, 0.4) is 0 Å². The van der Waals surface area contributed by atoms with E-state index in [9.17, 15) is 14.7 Å². The number of nitrogens with zero attached hydrogens (tertiary/aromatic N) is 2. The van der Waals surface area contributed by atoms with E-state index in [4.69, 9.17) is 11.6 Å². The molecule has 0 aliphatic carbocycles. The SMILES string of the molecule is CC(=O)N1c2ccc(C(=O)O)cc2[C@H](Nc2ccc(Cl)cn2)[C@@H](C)[C@@H]1C. The lowest BCUT2D eigenvalue weighted by Gasteiger charge is -2.44. The molecule has 2 heterocycles. The predicted molar refractivity (Wildman–Crippen MR) is 101 cm³/mol. The molecule has 7 heteroatoms. The third-order valence-corrected chi connectivity index (χ3v) is 5.16. The van der Waals surface area contributed by atoms with Crippen LogP contribution >= 0.6 is 11.6 Å². The van der Waals surface area contributed by atoms with Crippen molar-refractivity contribution in [1.82, 2.24) is 4.98 Å². The van der Waals surface area contributed by atoms with Gasteiger partial charge in [0.05, 0.1) is 16.6 Å². The van der Waals surface area contributed by atoms with E-state index in [0.717, 1.165) is 11.3 Å². The minimum absolute atomic E-state index is 0.0351. The Bertz CT molecular complexity index is 854. The average Bonchev–Trinajstić information content (AvgIpc) is 2.60. The van der Waals surface area contributed by atoms with Crippen molar-refractivity contribution >= 4 is 35.0 Å². The first-order chi connectivity index (χ1) is 12.3. The van der Waals surface area contributed by atoms with Gasteiger partial charge in [-0.2, -0.15) is 0 Å². The second-order valence-electron chi connectivity index (χ2n) is 6.55. The molecule has 0 saturated carbocycles. The molecular formula is C19H20ClN3O3. The number of amides is 1. The summed E-state index contributed by atoms with van der Waals surface area (Å²) in [6.45, 7) is 5.54. The fraction of sp³-hybridized carbons (Fsp3) is 0.316. The molecule has 1 aromatic carbocycles. The van der Waals surface area contributed by atoms with Crippen molar-refractivity contribution in [2.75, 3.05) is 10.2 Å². The summed E-state index contributed by atoms with van der Waals surface area (Å²) in [4.78, 5) is 29.6. The molecule has 6 nitrogen and oxygen atoms in total. The number of hydrogen-bond acceptors (Lipinski definition) is 4. The fourth-order valence-electron chi connectivity index (χ4n) is 3.46. The number of benzene rings is 1. The lowest BCUT2D eigenvalue weighted by Crippen LogP contribution is -2.48. The van der Waals surface area contributed by atoms with Crippen molar-refractivity contribution in [3.8, 4) is 0 Å². The summed E-state index contributed by atoms with van der Waals surface area (Å²) in [5, 5.41) is 13.3. The van der Waals surface area contributed by atoms with Crippen LogP contribution in [0.5, 0.6) is 0 Å². The van der Waals surface area contributed by atoms with Gasteiger partial charge in [0.25, 0.3) is 0 Å². The lowest BCUT2D eigenvalue weighted by molar-refractivity contribution is -0.117. The summed E-state index contributed by atoms with van der Waals surface area (Å²) < 4.78 is 0. The Morgan fingerprint density at radius 2 is 1.96 bits per heavy atom. The van der Waals surface area contributed by atoms with Gasteiger partial charge in [-0.1, -0.05) is 18.5 Å². The molecule has 1 aliphatic rings. The predicted octanol–water partition coefficient (Wildman–Crippen LogP) is 3.98. The van der Waals surface area contributed by atoms with Gasteiger partial charge in [0.15, 0.2) is 0 Å². The number of hydrogen-bond donors (Lipinski definition) is 2. The molecule has 1 aliphatic heterocycles. The van der Waals surface area contributed by atoms with Crippen LogP contribution < -0.4 is 10.2 Å². The molecule has 26 heavy (non-hydrogen) atoms. The van der Waals surface area contributed by atoms with Gasteiger partial charge in [0, 0.05) is 30.8 Å². The second-order valence-corrected chi connectivity index (χ2v) is 6.99. The van der Waals surface area contributed by atoms with E-state index < -0.39 is 5.97 Å². The molecular weight excluding hydrogens is 354 g/mol. The van der Waals surface area contributed by atoms with Crippen LogP contribution in [0.1, 0.15) is 42.7 Å². The first-order valence-corrected chi connectivity index (χ1v) is 8.72. The molecule has 3 atom stereocenters. The van der Waals surface area contributed by atoms with Crippen molar-refractivity contribution in [1.29, 1.82) is 0 Å². The van der Waals surface area contributed by atoms with Gasteiger partial charge < -0.3 is 15.3 Å². The minimum atomic E-state index is -1.00. The molecule has 1 amide bonds. The highest BCUT2D eigenvalue weighted by molar-refractivity contribution is 6.30. The fourth-order valence-corrected chi connectivity index (χ4v) is 3.57. The van der Waals surface area contributed by atoms with Gasteiger partial charge in [0.2, 0.25) is 5.91 Å². The number of fused-ring (bicyclic) bond motifs is 1. The van der Waals surface area contributed by atoms with Gasteiger partial charge >= 0.3 is 5.97 Å². The number of carboxylic acid groups (broad SMARTS) is 1. The number of anilines is 2. The molecule has 1 aromatic heterocycles. The number of pyridine rings is 1. The number of aromatic nitrogens is 1. The Morgan fingerprint density at radius 3 is 2.54 bits per heavy atom. The molecule has 2 aromatic rings. The smallest absolute Gasteiger partial charge is 0.335 e. The van der Waals surface area contributed by atoms with Crippen molar-refractivity contribution < 1.29 is 14.7 Å². The average molecular weight is 374 g/mol. The Hall–Kier alpha value is -2.60. The van der Waals surface area contributed by atoms with Gasteiger partial charge in [-0.25, -0.2) is 9.78 Å². The van der Waals surface area contributed by atoms with Crippen LogP contribution in [-0.2, 0) is 4.79 Å². The van der Waals surface area contributed by atoms with Crippen LogP contribution in [0.25, 0.3) is 0 Å². The maximum absolute atomic E-state index is 12.2. The summed E-state index contributed by atoms with van der Waals surface area (Å²) in [6.07, 6.45) is 1.55. The zero-order valence-corrected chi connectivity index (χ0v) is 15.5. The molecule has 3 rings (SSSR count). The molecule has 136 valence electrons. The highest BCUT2D eigenvalue weighted by atomic mass is 35.5. The molecule has 0 spiro atoms. The Labute approximate surface area is 156 Å². The van der Waals surface area contributed by atoms with Gasteiger partial charge in [-0.15, -0.1) is 0 Å². The zero-order chi connectivity index (χ0) is 19.0. The first kappa shape index (κ1) is 18.2. The van der Waals surface area contributed by atoms with E-state index in [2.05, 4.69) is 10.3 Å². The zero-order valence-electron chi connectivity index (χ0n) is 14.7. The molecule has 2 N–H and O–H groups in total.